The molecule has 0 aliphatic heterocycles. The van der Waals surface area contributed by atoms with Crippen molar-refractivity contribution in [3.63, 3.8) is 0 Å². The van der Waals surface area contributed by atoms with Crippen molar-refractivity contribution in [3.8, 4) is 6.01 Å². The average Bonchev–Trinajstić information content (AvgIpc) is 3.90. The summed E-state index contributed by atoms with van der Waals surface area (Å²) in [5, 5.41) is 16.5. The average molecular weight is 540 g/mol. The zero-order chi connectivity index (χ0) is 27.0. The fourth-order valence-corrected chi connectivity index (χ4v) is 3.83. The number of nitrogens with one attached hydrogen (secondary N) is 5. The van der Waals surface area contributed by atoms with Crippen LogP contribution in [0.1, 0.15) is 38.5 Å². The van der Waals surface area contributed by atoms with Crippen LogP contribution in [-0.4, -0.2) is 55.1 Å². The molecule has 5 N–H and O–H groups in total. The van der Waals surface area contributed by atoms with Gasteiger partial charge >= 0.3 is 6.01 Å². The van der Waals surface area contributed by atoms with E-state index in [1.54, 1.807) is 0 Å². The number of ether oxygens (including phenoxy) is 1. The fraction of sp³-hybridized carbons (Fsp3) is 0.357. The van der Waals surface area contributed by atoms with Crippen LogP contribution < -0.4 is 31.3 Å². The number of benzene rings is 2. The Labute approximate surface area is 232 Å². The number of unbranched alkanes of at least 4 members (excludes halogenated alkanes) is 1. The molecule has 4 aromatic rings. The van der Waals surface area contributed by atoms with E-state index in [1.807, 2.05) is 60.7 Å². The van der Waals surface area contributed by atoms with Gasteiger partial charge in [0, 0.05) is 30.0 Å². The second kappa shape index (κ2) is 12.4. The van der Waals surface area contributed by atoms with Crippen LogP contribution >= 0.6 is 0 Å². The quantitative estimate of drug-likeness (QED) is 0.130. The summed E-state index contributed by atoms with van der Waals surface area (Å²) >= 11 is 0. The Morgan fingerprint density at radius 1 is 0.575 bits per heavy atom. The molecule has 2 aliphatic rings. The number of anilines is 7. The summed E-state index contributed by atoms with van der Waals surface area (Å²) in [5.74, 6) is 2.58. The minimum atomic E-state index is 0.300. The van der Waals surface area contributed by atoms with Crippen LogP contribution in [0.3, 0.4) is 0 Å². The maximum atomic E-state index is 5.90. The summed E-state index contributed by atoms with van der Waals surface area (Å²) in [6.45, 7) is 1.17. The number of nitrogens with zero attached hydrogens (tertiary/aromatic N) is 6. The predicted octanol–water partition coefficient (Wildman–Crippen LogP) is 4.96. The lowest BCUT2D eigenvalue weighted by atomic mass is 10.3. The molecule has 2 aromatic heterocycles. The van der Waals surface area contributed by atoms with Crippen LogP contribution in [0.25, 0.3) is 0 Å². The summed E-state index contributed by atoms with van der Waals surface area (Å²) in [4.78, 5) is 27.0. The molecule has 0 saturated heterocycles. The third-order valence-electron chi connectivity index (χ3n) is 6.22. The SMILES string of the molecule is c1ccc(Nc2nc(NCCCCOc3nc(Nc4ccccc4)nc(NC4CC4)n3)nc(NC3CC3)n2)cc1. The molecule has 206 valence electrons. The molecule has 40 heavy (non-hydrogen) atoms. The third kappa shape index (κ3) is 7.88. The molecule has 2 saturated carbocycles. The lowest BCUT2D eigenvalue weighted by Gasteiger charge is -2.12. The first-order valence-corrected chi connectivity index (χ1v) is 13.8. The molecule has 2 fully saturated rings. The smallest absolute Gasteiger partial charge is 0.323 e. The number of hydrogen-bond acceptors (Lipinski definition) is 12. The van der Waals surface area contributed by atoms with Gasteiger partial charge in [0.1, 0.15) is 0 Å². The van der Waals surface area contributed by atoms with Gasteiger partial charge in [-0.05, 0) is 62.8 Å². The second-order valence-electron chi connectivity index (χ2n) is 9.87. The van der Waals surface area contributed by atoms with E-state index in [1.165, 1.54) is 0 Å². The lowest BCUT2D eigenvalue weighted by Crippen LogP contribution is -2.13. The van der Waals surface area contributed by atoms with Crippen molar-refractivity contribution in [2.75, 3.05) is 39.7 Å². The van der Waals surface area contributed by atoms with Crippen molar-refractivity contribution in [1.82, 2.24) is 29.9 Å². The van der Waals surface area contributed by atoms with Crippen LogP contribution in [0.2, 0.25) is 0 Å². The molecule has 0 amide bonds. The van der Waals surface area contributed by atoms with Crippen molar-refractivity contribution < 1.29 is 4.74 Å². The number of aromatic nitrogens is 6. The molecule has 2 aromatic carbocycles. The molecule has 0 atom stereocenters. The monoisotopic (exact) mass is 539 g/mol. The van der Waals surface area contributed by atoms with Crippen molar-refractivity contribution >= 4 is 41.1 Å². The van der Waals surface area contributed by atoms with Crippen LogP contribution in [0, 0.1) is 0 Å². The zero-order valence-corrected chi connectivity index (χ0v) is 22.2. The Morgan fingerprint density at radius 3 is 1.68 bits per heavy atom. The van der Waals surface area contributed by atoms with Gasteiger partial charge in [0.05, 0.1) is 6.61 Å². The minimum Gasteiger partial charge on any atom is -0.463 e. The molecule has 6 rings (SSSR count). The molecule has 0 unspecified atom stereocenters. The maximum absolute atomic E-state index is 5.90. The Hall–Kier alpha value is -4.74. The third-order valence-corrected chi connectivity index (χ3v) is 6.22. The highest BCUT2D eigenvalue weighted by Gasteiger charge is 2.23. The van der Waals surface area contributed by atoms with E-state index in [0.717, 1.165) is 49.9 Å². The summed E-state index contributed by atoms with van der Waals surface area (Å²) < 4.78 is 5.90. The van der Waals surface area contributed by atoms with Crippen molar-refractivity contribution in [2.45, 2.75) is 50.6 Å². The normalized spacial score (nSPS) is 14.3. The van der Waals surface area contributed by atoms with E-state index in [-0.39, 0.29) is 0 Å². The number of hydrogen-bond donors (Lipinski definition) is 5. The van der Waals surface area contributed by atoms with Crippen LogP contribution in [0.15, 0.2) is 60.7 Å². The van der Waals surface area contributed by atoms with E-state index >= 15 is 0 Å². The van der Waals surface area contributed by atoms with Crippen molar-refractivity contribution in [2.24, 2.45) is 0 Å². The van der Waals surface area contributed by atoms with E-state index in [4.69, 9.17) is 4.74 Å². The van der Waals surface area contributed by atoms with E-state index in [9.17, 15) is 0 Å². The topological polar surface area (TPSA) is 147 Å². The zero-order valence-electron chi connectivity index (χ0n) is 22.2. The minimum absolute atomic E-state index is 0.300. The molecule has 12 nitrogen and oxygen atoms in total. The van der Waals surface area contributed by atoms with Crippen molar-refractivity contribution in [1.29, 1.82) is 0 Å². The van der Waals surface area contributed by atoms with Gasteiger partial charge in [0.2, 0.25) is 29.7 Å². The lowest BCUT2D eigenvalue weighted by molar-refractivity contribution is 0.284. The van der Waals surface area contributed by atoms with Gasteiger partial charge in [-0.3, -0.25) is 0 Å². The van der Waals surface area contributed by atoms with Gasteiger partial charge < -0.3 is 31.3 Å². The molecule has 12 heteroatoms. The molecular weight excluding hydrogens is 506 g/mol. The molecule has 0 spiro atoms. The van der Waals surface area contributed by atoms with E-state index in [0.29, 0.717) is 61.0 Å². The summed E-state index contributed by atoms with van der Waals surface area (Å²) in [6.07, 6.45) is 6.18. The van der Waals surface area contributed by atoms with Crippen LogP contribution in [0.5, 0.6) is 6.01 Å². The maximum Gasteiger partial charge on any atom is 0.323 e. The highest BCUT2D eigenvalue weighted by atomic mass is 16.5. The van der Waals surface area contributed by atoms with Crippen LogP contribution in [-0.2, 0) is 0 Å². The fourth-order valence-electron chi connectivity index (χ4n) is 3.83. The molecule has 0 radical (unpaired) electrons. The number of rotatable bonds is 15. The van der Waals surface area contributed by atoms with Crippen LogP contribution in [0.4, 0.5) is 41.1 Å². The first-order valence-electron chi connectivity index (χ1n) is 13.8. The first kappa shape index (κ1) is 25.5. The second-order valence-corrected chi connectivity index (χ2v) is 9.87. The standard InChI is InChI=1S/C28H33N11O/c1-3-9-19(10-4-1)30-24-34-23(35-25(36-24)32-21-13-14-21)29-17-7-8-18-40-28-38-26(31-20-11-5-2-6-12-20)37-27(39-28)33-22-15-16-22/h1-6,9-12,21-22H,7-8,13-18H2,(H2,31,33,37,38,39)(H3,29,30,32,34,35,36). The number of para-hydroxylation sites is 2. The van der Waals surface area contributed by atoms with Gasteiger partial charge in [0.15, 0.2) is 0 Å². The summed E-state index contributed by atoms with van der Waals surface area (Å²) in [6, 6.07) is 20.8. The largest absolute Gasteiger partial charge is 0.463 e. The molecule has 2 aliphatic carbocycles. The van der Waals surface area contributed by atoms with Gasteiger partial charge in [-0.25, -0.2) is 0 Å². The highest BCUT2D eigenvalue weighted by molar-refractivity contribution is 5.56. The Kier molecular flexibility index (Phi) is 7.92. The van der Waals surface area contributed by atoms with Gasteiger partial charge in [-0.1, -0.05) is 36.4 Å². The van der Waals surface area contributed by atoms with E-state index in [2.05, 4.69) is 56.5 Å². The predicted molar refractivity (Wildman–Crippen MR) is 156 cm³/mol. The van der Waals surface area contributed by atoms with Gasteiger partial charge in [-0.2, -0.15) is 29.9 Å². The van der Waals surface area contributed by atoms with Gasteiger partial charge in [0.25, 0.3) is 0 Å². The first-order chi connectivity index (χ1) is 19.7. The van der Waals surface area contributed by atoms with Gasteiger partial charge in [-0.15, -0.1) is 0 Å². The Balaban J connectivity index is 1.01. The highest BCUT2D eigenvalue weighted by Crippen LogP contribution is 2.25. The Morgan fingerprint density at radius 2 is 1.07 bits per heavy atom. The van der Waals surface area contributed by atoms with Crippen molar-refractivity contribution in [3.05, 3.63) is 60.7 Å². The summed E-state index contributed by atoms with van der Waals surface area (Å²) in [7, 11) is 0. The molecule has 0 bridgehead atoms. The Bertz CT molecular complexity index is 1270. The van der Waals surface area contributed by atoms with E-state index < -0.39 is 0 Å². The molecule has 2 heterocycles. The summed E-state index contributed by atoms with van der Waals surface area (Å²) in [5.41, 5.74) is 1.82. The molecular formula is C28H33N11O.